The van der Waals surface area contributed by atoms with Gasteiger partial charge >= 0.3 is 5.97 Å². The van der Waals surface area contributed by atoms with Crippen molar-refractivity contribution in [3.05, 3.63) is 10.4 Å². The standard InChI is InChI=1S/C32H63N5O15/c1-40-32(39)2-6-41-8-10-43-12-14-45-16-18-47-20-22-49-24-26-51-28-29-52-27-25-50-23-21-48-19-17-46-15-13-44-11-9-42-7-5-35-31(38)30-34-3-4-36-37-33/h34H,2-30H2,1H3,(H,35,38). The molecular formula is C32H63N5O15. The lowest BCUT2D eigenvalue weighted by molar-refractivity contribution is -0.142. The number of nitrogens with one attached hydrogen (secondary N) is 2. The van der Waals surface area contributed by atoms with Crippen LogP contribution in [0.4, 0.5) is 0 Å². The molecule has 0 rings (SSSR count). The number of methoxy groups -OCH3 is 1. The van der Waals surface area contributed by atoms with Crippen LogP contribution in [-0.2, 0) is 71.2 Å². The van der Waals surface area contributed by atoms with Crippen molar-refractivity contribution in [3.63, 3.8) is 0 Å². The van der Waals surface area contributed by atoms with E-state index in [1.807, 2.05) is 0 Å². The zero-order chi connectivity index (χ0) is 37.7. The van der Waals surface area contributed by atoms with Gasteiger partial charge in [0.1, 0.15) is 0 Å². The molecule has 0 heterocycles. The number of amides is 1. The normalized spacial score (nSPS) is 11.1. The van der Waals surface area contributed by atoms with Gasteiger partial charge in [-0.2, -0.15) is 0 Å². The number of rotatable bonds is 44. The zero-order valence-corrected chi connectivity index (χ0v) is 31.0. The van der Waals surface area contributed by atoms with E-state index in [4.69, 9.17) is 62.4 Å². The van der Waals surface area contributed by atoms with Gasteiger partial charge < -0.3 is 72.2 Å². The van der Waals surface area contributed by atoms with E-state index in [2.05, 4.69) is 25.4 Å². The first-order valence-electron chi connectivity index (χ1n) is 17.7. The van der Waals surface area contributed by atoms with Crippen molar-refractivity contribution >= 4 is 11.9 Å². The quantitative estimate of drug-likeness (QED) is 0.0269. The van der Waals surface area contributed by atoms with Crippen LogP contribution < -0.4 is 10.6 Å². The summed E-state index contributed by atoms with van der Waals surface area (Å²) in [4.78, 5) is 25.1. The lowest BCUT2D eigenvalue weighted by Gasteiger charge is -2.09. The summed E-state index contributed by atoms with van der Waals surface area (Å²) in [7, 11) is 1.35. The maximum Gasteiger partial charge on any atom is 0.307 e. The van der Waals surface area contributed by atoms with Crippen LogP contribution in [0.25, 0.3) is 10.4 Å². The molecule has 0 fully saturated rings. The minimum Gasteiger partial charge on any atom is -0.469 e. The van der Waals surface area contributed by atoms with Crippen molar-refractivity contribution in [2.24, 2.45) is 5.11 Å². The fourth-order valence-corrected chi connectivity index (χ4v) is 3.48. The molecule has 0 aromatic carbocycles. The van der Waals surface area contributed by atoms with Gasteiger partial charge in [0.15, 0.2) is 0 Å². The van der Waals surface area contributed by atoms with Crippen LogP contribution >= 0.6 is 0 Å². The van der Waals surface area contributed by atoms with E-state index in [9.17, 15) is 9.59 Å². The fourth-order valence-electron chi connectivity index (χ4n) is 3.48. The molecule has 2 N–H and O–H groups in total. The second kappa shape index (κ2) is 44.9. The average Bonchev–Trinajstić information content (AvgIpc) is 3.15. The number of hydrogen-bond acceptors (Lipinski definition) is 17. The predicted molar refractivity (Wildman–Crippen MR) is 186 cm³/mol. The Morgan fingerprint density at radius 2 is 0.788 bits per heavy atom. The van der Waals surface area contributed by atoms with Crippen molar-refractivity contribution in [2.45, 2.75) is 6.42 Å². The molecule has 0 aromatic rings. The third-order valence-corrected chi connectivity index (χ3v) is 6.08. The Morgan fingerprint density at radius 3 is 1.10 bits per heavy atom. The van der Waals surface area contributed by atoms with Gasteiger partial charge in [0.05, 0.1) is 179 Å². The second-order valence-corrected chi connectivity index (χ2v) is 10.2. The van der Waals surface area contributed by atoms with Crippen molar-refractivity contribution in [2.75, 3.05) is 192 Å². The van der Waals surface area contributed by atoms with Crippen molar-refractivity contribution in [1.82, 2.24) is 10.6 Å². The molecule has 306 valence electrons. The number of esters is 1. The highest BCUT2D eigenvalue weighted by Crippen LogP contribution is 1.89. The molecule has 20 nitrogen and oxygen atoms in total. The molecule has 0 aliphatic rings. The summed E-state index contributed by atoms with van der Waals surface area (Å²) in [5.41, 5.74) is 8.17. The molecular weight excluding hydrogens is 694 g/mol. The highest BCUT2D eigenvalue weighted by Gasteiger charge is 2.01. The average molecular weight is 758 g/mol. The molecule has 1 amide bonds. The number of carbonyl (C=O) groups excluding carboxylic acids is 2. The Kier molecular flexibility index (Phi) is 42.9. The number of nitrogens with zero attached hydrogens (tertiary/aromatic N) is 3. The minimum atomic E-state index is -0.292. The summed E-state index contributed by atoms with van der Waals surface area (Å²) in [6.07, 6.45) is 0.238. The van der Waals surface area contributed by atoms with Crippen LogP contribution in [0.1, 0.15) is 6.42 Å². The highest BCUT2D eigenvalue weighted by atomic mass is 16.6. The van der Waals surface area contributed by atoms with Crippen LogP contribution in [0.3, 0.4) is 0 Å². The first-order valence-corrected chi connectivity index (χ1v) is 17.7. The van der Waals surface area contributed by atoms with Crippen LogP contribution in [0.15, 0.2) is 5.11 Å². The summed E-state index contributed by atoms with van der Waals surface area (Å²) in [6.45, 7) is 12.3. The van der Waals surface area contributed by atoms with Gasteiger partial charge in [0.25, 0.3) is 0 Å². The smallest absolute Gasteiger partial charge is 0.307 e. The summed E-state index contributed by atoms with van der Waals surface area (Å²) < 4.78 is 69.6. The predicted octanol–water partition coefficient (Wildman–Crippen LogP) is -0.235. The monoisotopic (exact) mass is 757 g/mol. The molecule has 0 saturated heterocycles. The Morgan fingerprint density at radius 1 is 0.481 bits per heavy atom. The summed E-state index contributed by atoms with van der Waals surface area (Å²) in [5.74, 6) is -0.439. The Labute approximate surface area is 307 Å². The maximum absolute atomic E-state index is 11.6. The largest absolute Gasteiger partial charge is 0.469 e. The van der Waals surface area contributed by atoms with Crippen LogP contribution in [-0.4, -0.2) is 204 Å². The number of carbonyl (C=O) groups is 2. The lowest BCUT2D eigenvalue weighted by Crippen LogP contribution is -2.36. The Balaban J connectivity index is 3.10. The van der Waals surface area contributed by atoms with E-state index in [-0.39, 0.29) is 24.8 Å². The first kappa shape index (κ1) is 49.7. The topological polar surface area (TPSA) is 227 Å². The van der Waals surface area contributed by atoms with E-state index in [1.54, 1.807) is 0 Å². The highest BCUT2D eigenvalue weighted by molar-refractivity contribution is 5.77. The van der Waals surface area contributed by atoms with Gasteiger partial charge in [-0.3, -0.25) is 9.59 Å². The summed E-state index contributed by atoms with van der Waals surface area (Å²) >= 11 is 0. The molecule has 0 aromatic heterocycles. The fraction of sp³-hybridized carbons (Fsp3) is 0.938. The number of azide groups is 1. The third kappa shape index (κ3) is 43.9. The molecule has 0 aliphatic heterocycles. The second-order valence-electron chi connectivity index (χ2n) is 10.2. The van der Waals surface area contributed by atoms with Gasteiger partial charge in [-0.05, 0) is 5.53 Å². The van der Waals surface area contributed by atoms with Gasteiger partial charge in [0, 0.05) is 24.5 Å². The summed E-state index contributed by atoms with van der Waals surface area (Å²) in [5, 5.41) is 8.95. The molecule has 0 aliphatic carbocycles. The van der Waals surface area contributed by atoms with E-state index >= 15 is 0 Å². The molecule has 20 heteroatoms. The molecule has 0 saturated carbocycles. The van der Waals surface area contributed by atoms with Crippen LogP contribution in [0.5, 0.6) is 0 Å². The van der Waals surface area contributed by atoms with Crippen molar-refractivity contribution in [1.29, 1.82) is 0 Å². The SMILES string of the molecule is COC(=O)CCOCCOCCOCCOCCOCCOCCOCCOCCOCCOCCOCCOCCNC(=O)CNCCN=[N+]=[N-]. The van der Waals surface area contributed by atoms with Crippen molar-refractivity contribution in [3.8, 4) is 0 Å². The molecule has 0 bridgehead atoms. The maximum atomic E-state index is 11.6. The number of hydrogen-bond donors (Lipinski definition) is 2. The van der Waals surface area contributed by atoms with Crippen LogP contribution in [0.2, 0.25) is 0 Å². The van der Waals surface area contributed by atoms with Gasteiger partial charge in [-0.1, -0.05) is 5.11 Å². The van der Waals surface area contributed by atoms with E-state index < -0.39 is 0 Å². The minimum absolute atomic E-state index is 0.147. The molecule has 0 spiro atoms. The van der Waals surface area contributed by atoms with E-state index in [1.165, 1.54) is 7.11 Å². The molecule has 0 radical (unpaired) electrons. The third-order valence-electron chi connectivity index (χ3n) is 6.08. The number of ether oxygens (including phenoxy) is 13. The Bertz CT molecular complexity index is 816. The van der Waals surface area contributed by atoms with Gasteiger partial charge in [0.2, 0.25) is 5.91 Å². The van der Waals surface area contributed by atoms with E-state index in [0.717, 1.165) is 0 Å². The first-order chi connectivity index (χ1) is 25.7. The molecule has 0 unspecified atom stereocenters. The molecule has 52 heavy (non-hydrogen) atoms. The van der Waals surface area contributed by atoms with Crippen LogP contribution in [0, 0.1) is 0 Å². The zero-order valence-electron chi connectivity index (χ0n) is 31.0. The van der Waals surface area contributed by atoms with E-state index in [0.29, 0.717) is 178 Å². The summed E-state index contributed by atoms with van der Waals surface area (Å²) in [6, 6.07) is 0. The van der Waals surface area contributed by atoms with Gasteiger partial charge in [-0.25, -0.2) is 0 Å². The van der Waals surface area contributed by atoms with Crippen molar-refractivity contribution < 1.29 is 71.2 Å². The van der Waals surface area contributed by atoms with Gasteiger partial charge in [-0.15, -0.1) is 0 Å². The Hall–Kier alpha value is -2.27. The molecule has 0 atom stereocenters. The lowest BCUT2D eigenvalue weighted by atomic mass is 10.5.